The van der Waals surface area contributed by atoms with Gasteiger partial charge < -0.3 is 14.6 Å². The van der Waals surface area contributed by atoms with Crippen molar-refractivity contribution in [1.82, 2.24) is 0 Å². The second kappa shape index (κ2) is 54.5. The third kappa shape index (κ3) is 52.6. The fraction of sp³-hybridized carbons (Fsp3) is 0.862. The van der Waals surface area contributed by atoms with E-state index in [9.17, 15) is 14.7 Å². The van der Waals surface area contributed by atoms with Gasteiger partial charge in [-0.25, -0.2) is 0 Å². The van der Waals surface area contributed by atoms with E-state index in [0.717, 1.165) is 51.4 Å². The van der Waals surface area contributed by atoms with Gasteiger partial charge in [0.25, 0.3) is 0 Å². The minimum atomic E-state index is -0.772. The standard InChI is InChI=1S/C58H108O5/c1-3-5-7-9-11-13-15-17-19-20-21-22-23-24-25-26-27-28-29-30-31-32-33-34-35-36-37-38-39-41-43-45-47-49-51-53-58(61)63-56(54-59)55-62-57(60)52-50-48-46-44-42-40-18-16-14-12-10-8-6-4-2/h15-18,20-21,56,59H,3-14,19,22-55H2,1-2H3/b17-15-,18-16-,21-20-. The first-order valence-corrected chi connectivity index (χ1v) is 28.0. The Hall–Kier alpha value is -1.88. The zero-order chi connectivity index (χ0) is 45.6. The van der Waals surface area contributed by atoms with E-state index in [-0.39, 0.29) is 25.2 Å². The van der Waals surface area contributed by atoms with Gasteiger partial charge in [0, 0.05) is 12.8 Å². The maximum absolute atomic E-state index is 12.3. The summed E-state index contributed by atoms with van der Waals surface area (Å²) in [7, 11) is 0. The average Bonchev–Trinajstić information content (AvgIpc) is 3.29. The van der Waals surface area contributed by atoms with Crippen molar-refractivity contribution in [3.63, 3.8) is 0 Å². The van der Waals surface area contributed by atoms with Crippen LogP contribution in [0, 0.1) is 0 Å². The molecule has 0 saturated carbocycles. The second-order valence-corrected chi connectivity index (χ2v) is 19.0. The van der Waals surface area contributed by atoms with Crippen LogP contribution in [-0.4, -0.2) is 36.4 Å². The Labute approximate surface area is 393 Å². The molecule has 0 rings (SSSR count). The van der Waals surface area contributed by atoms with E-state index in [1.54, 1.807) is 0 Å². The van der Waals surface area contributed by atoms with Crippen molar-refractivity contribution in [1.29, 1.82) is 0 Å². The van der Waals surface area contributed by atoms with Crippen molar-refractivity contribution in [3.05, 3.63) is 36.5 Å². The topological polar surface area (TPSA) is 72.8 Å². The highest BCUT2D eigenvalue weighted by molar-refractivity contribution is 5.70. The molecule has 0 radical (unpaired) electrons. The van der Waals surface area contributed by atoms with E-state index in [2.05, 4.69) is 50.3 Å². The van der Waals surface area contributed by atoms with Gasteiger partial charge in [-0.15, -0.1) is 0 Å². The smallest absolute Gasteiger partial charge is 0.306 e. The lowest BCUT2D eigenvalue weighted by molar-refractivity contribution is -0.161. The van der Waals surface area contributed by atoms with E-state index in [0.29, 0.717) is 12.8 Å². The van der Waals surface area contributed by atoms with Crippen molar-refractivity contribution < 1.29 is 24.2 Å². The van der Waals surface area contributed by atoms with Crippen LogP contribution in [0.3, 0.4) is 0 Å². The van der Waals surface area contributed by atoms with E-state index in [1.165, 1.54) is 225 Å². The molecule has 1 unspecified atom stereocenters. The number of unbranched alkanes of at least 4 members (excludes halogenated alkanes) is 38. The zero-order valence-electron chi connectivity index (χ0n) is 42.4. The molecule has 0 spiro atoms. The molecule has 0 saturated heterocycles. The lowest BCUT2D eigenvalue weighted by Crippen LogP contribution is -2.28. The van der Waals surface area contributed by atoms with Crippen LogP contribution in [0.1, 0.15) is 303 Å². The van der Waals surface area contributed by atoms with Crippen LogP contribution in [-0.2, 0) is 19.1 Å². The summed E-state index contributed by atoms with van der Waals surface area (Å²) in [5.74, 6) is -0.587. The van der Waals surface area contributed by atoms with Gasteiger partial charge in [-0.2, -0.15) is 0 Å². The van der Waals surface area contributed by atoms with Gasteiger partial charge in [0.05, 0.1) is 6.61 Å². The predicted octanol–water partition coefficient (Wildman–Crippen LogP) is 18.7. The van der Waals surface area contributed by atoms with Gasteiger partial charge in [0.1, 0.15) is 6.61 Å². The molecule has 0 fully saturated rings. The van der Waals surface area contributed by atoms with E-state index in [4.69, 9.17) is 9.47 Å². The molecule has 5 nitrogen and oxygen atoms in total. The van der Waals surface area contributed by atoms with Gasteiger partial charge in [0.2, 0.25) is 0 Å². The molecule has 0 amide bonds. The minimum absolute atomic E-state index is 0.0657. The van der Waals surface area contributed by atoms with Crippen LogP contribution < -0.4 is 0 Å². The molecule has 0 aliphatic carbocycles. The Morgan fingerprint density at radius 1 is 0.365 bits per heavy atom. The third-order valence-corrected chi connectivity index (χ3v) is 12.7. The Kier molecular flexibility index (Phi) is 52.8. The van der Waals surface area contributed by atoms with Crippen molar-refractivity contribution in [3.8, 4) is 0 Å². The molecule has 0 aromatic heterocycles. The quantitative estimate of drug-likeness (QED) is 0.0374. The van der Waals surface area contributed by atoms with Crippen LogP contribution in [0.4, 0.5) is 0 Å². The Morgan fingerprint density at radius 2 is 0.635 bits per heavy atom. The lowest BCUT2D eigenvalue weighted by Gasteiger charge is -2.15. The second-order valence-electron chi connectivity index (χ2n) is 19.0. The largest absolute Gasteiger partial charge is 0.462 e. The molecule has 0 aromatic carbocycles. The summed E-state index contributed by atoms with van der Waals surface area (Å²) in [6.07, 6.45) is 69.9. The number of hydrogen-bond acceptors (Lipinski definition) is 5. The molecule has 5 heteroatoms. The first-order chi connectivity index (χ1) is 31.1. The van der Waals surface area contributed by atoms with Gasteiger partial charge in [-0.05, 0) is 70.6 Å². The van der Waals surface area contributed by atoms with Crippen LogP contribution in [0.5, 0.6) is 0 Å². The molecule has 0 heterocycles. The summed E-state index contributed by atoms with van der Waals surface area (Å²) in [6, 6.07) is 0. The summed E-state index contributed by atoms with van der Waals surface area (Å²) in [4.78, 5) is 24.4. The highest BCUT2D eigenvalue weighted by atomic mass is 16.6. The number of esters is 2. The molecule has 0 aliphatic rings. The van der Waals surface area contributed by atoms with Gasteiger partial charge in [-0.1, -0.05) is 256 Å². The number of hydrogen-bond donors (Lipinski definition) is 1. The number of aliphatic hydroxyl groups excluding tert-OH is 1. The molecule has 370 valence electrons. The van der Waals surface area contributed by atoms with Crippen molar-refractivity contribution >= 4 is 11.9 Å². The number of ether oxygens (including phenoxy) is 2. The third-order valence-electron chi connectivity index (χ3n) is 12.7. The number of allylic oxidation sites excluding steroid dienone is 6. The summed E-state index contributed by atoms with van der Waals surface area (Å²) in [6.45, 7) is 4.14. The van der Waals surface area contributed by atoms with E-state index < -0.39 is 6.10 Å². The summed E-state index contributed by atoms with van der Waals surface area (Å²) >= 11 is 0. The SMILES string of the molecule is CCCCCCC/C=C\C/C=C\CCCCCCCCCCCCCCCCCCCCCCCCCC(=O)OC(CO)COC(=O)CCCCCCC/C=C\CCCCCCC. The Balaban J connectivity index is 3.39. The molecule has 1 atom stereocenters. The number of carbonyl (C=O) groups is 2. The molecule has 63 heavy (non-hydrogen) atoms. The van der Waals surface area contributed by atoms with E-state index >= 15 is 0 Å². The summed E-state index contributed by atoms with van der Waals surface area (Å²) in [5.41, 5.74) is 0. The van der Waals surface area contributed by atoms with Crippen molar-refractivity contribution in [2.24, 2.45) is 0 Å². The lowest BCUT2D eigenvalue weighted by atomic mass is 10.0. The minimum Gasteiger partial charge on any atom is -0.462 e. The molecule has 1 N–H and O–H groups in total. The predicted molar refractivity (Wildman–Crippen MR) is 274 cm³/mol. The summed E-state index contributed by atoms with van der Waals surface area (Å²) < 4.78 is 10.7. The molecule has 0 aliphatic heterocycles. The highest BCUT2D eigenvalue weighted by Gasteiger charge is 2.16. The van der Waals surface area contributed by atoms with Crippen LogP contribution in [0.15, 0.2) is 36.5 Å². The van der Waals surface area contributed by atoms with Crippen molar-refractivity contribution in [2.45, 2.75) is 309 Å². The summed E-state index contributed by atoms with van der Waals surface area (Å²) in [5, 5.41) is 9.62. The van der Waals surface area contributed by atoms with E-state index in [1.807, 2.05) is 0 Å². The highest BCUT2D eigenvalue weighted by Crippen LogP contribution is 2.17. The van der Waals surface area contributed by atoms with Crippen molar-refractivity contribution in [2.75, 3.05) is 13.2 Å². The number of carbonyl (C=O) groups excluding carboxylic acids is 2. The first-order valence-electron chi connectivity index (χ1n) is 28.0. The van der Waals surface area contributed by atoms with Crippen LogP contribution in [0.25, 0.3) is 0 Å². The molecular weight excluding hydrogens is 777 g/mol. The maximum atomic E-state index is 12.3. The first kappa shape index (κ1) is 61.1. The van der Waals surface area contributed by atoms with Crippen LogP contribution in [0.2, 0.25) is 0 Å². The van der Waals surface area contributed by atoms with Gasteiger partial charge in [0.15, 0.2) is 6.10 Å². The number of aliphatic hydroxyl groups is 1. The molecule has 0 bridgehead atoms. The van der Waals surface area contributed by atoms with Crippen LogP contribution >= 0.6 is 0 Å². The zero-order valence-corrected chi connectivity index (χ0v) is 42.4. The Morgan fingerprint density at radius 3 is 0.952 bits per heavy atom. The Bertz CT molecular complexity index is 1000. The fourth-order valence-corrected chi connectivity index (χ4v) is 8.41. The fourth-order valence-electron chi connectivity index (χ4n) is 8.41. The average molecular weight is 885 g/mol. The number of rotatable bonds is 52. The van der Waals surface area contributed by atoms with Gasteiger partial charge >= 0.3 is 11.9 Å². The molecule has 0 aromatic rings. The maximum Gasteiger partial charge on any atom is 0.306 e. The normalized spacial score (nSPS) is 12.4. The van der Waals surface area contributed by atoms with Gasteiger partial charge in [-0.3, -0.25) is 9.59 Å². The monoisotopic (exact) mass is 885 g/mol. The molecular formula is C58H108O5.